The van der Waals surface area contributed by atoms with Crippen LogP contribution < -0.4 is 5.32 Å². The van der Waals surface area contributed by atoms with Gasteiger partial charge in [-0.15, -0.1) is 0 Å². The number of hydrogen-bond acceptors (Lipinski definition) is 3. The lowest BCUT2D eigenvalue weighted by Gasteiger charge is -2.37. The van der Waals surface area contributed by atoms with Crippen molar-refractivity contribution in [2.24, 2.45) is 5.92 Å². The fraction of sp³-hybridized carbons (Fsp3) is 0.647. The monoisotopic (exact) mass is 274 g/mol. The van der Waals surface area contributed by atoms with Gasteiger partial charge in [0.15, 0.2) is 0 Å². The highest BCUT2D eigenvalue weighted by Gasteiger charge is 2.31. The molecule has 0 bridgehead atoms. The maximum atomic E-state index is 9.78. The largest absolute Gasteiger partial charge is 0.508 e. The quantitative estimate of drug-likeness (QED) is 0.886. The average molecular weight is 274 g/mol. The summed E-state index contributed by atoms with van der Waals surface area (Å²) in [6, 6.07) is 4.37. The number of piperazine rings is 1. The van der Waals surface area contributed by atoms with Gasteiger partial charge < -0.3 is 10.4 Å². The van der Waals surface area contributed by atoms with E-state index in [1.807, 2.05) is 12.1 Å². The van der Waals surface area contributed by atoms with Gasteiger partial charge in [-0.2, -0.15) is 0 Å². The molecule has 0 unspecified atom stereocenters. The highest BCUT2D eigenvalue weighted by atomic mass is 16.3. The second-order valence-corrected chi connectivity index (χ2v) is 6.47. The summed E-state index contributed by atoms with van der Waals surface area (Å²) in [6.07, 6.45) is 4.09. The van der Waals surface area contributed by atoms with Crippen LogP contribution in [0, 0.1) is 19.8 Å². The molecule has 1 atom stereocenters. The molecule has 20 heavy (non-hydrogen) atoms. The third-order valence-electron chi connectivity index (χ3n) is 4.76. The maximum absolute atomic E-state index is 9.78. The summed E-state index contributed by atoms with van der Waals surface area (Å²) in [6.45, 7) is 8.75. The lowest BCUT2D eigenvalue weighted by atomic mass is 9.91. The van der Waals surface area contributed by atoms with E-state index in [9.17, 15) is 5.11 Å². The molecule has 0 aromatic heterocycles. The van der Waals surface area contributed by atoms with Gasteiger partial charge in [0, 0.05) is 32.2 Å². The van der Waals surface area contributed by atoms with Gasteiger partial charge in [0.05, 0.1) is 0 Å². The molecule has 0 radical (unpaired) electrons. The summed E-state index contributed by atoms with van der Waals surface area (Å²) in [5.41, 5.74) is 3.94. The maximum Gasteiger partial charge on any atom is 0.116 e. The molecule has 1 aromatic rings. The summed E-state index contributed by atoms with van der Waals surface area (Å²) >= 11 is 0. The van der Waals surface area contributed by atoms with Gasteiger partial charge in [-0.25, -0.2) is 0 Å². The molecule has 1 aliphatic carbocycles. The zero-order valence-electron chi connectivity index (χ0n) is 12.7. The van der Waals surface area contributed by atoms with Gasteiger partial charge in [0.2, 0.25) is 0 Å². The number of nitrogens with zero attached hydrogens (tertiary/aromatic N) is 1. The average Bonchev–Trinajstić information content (AvgIpc) is 3.21. The minimum Gasteiger partial charge on any atom is -0.508 e. The van der Waals surface area contributed by atoms with E-state index in [1.165, 1.54) is 36.0 Å². The van der Waals surface area contributed by atoms with E-state index in [-0.39, 0.29) is 0 Å². The molecule has 3 heteroatoms. The van der Waals surface area contributed by atoms with Gasteiger partial charge in [-0.05, 0) is 55.0 Å². The Morgan fingerprint density at radius 1 is 1.20 bits per heavy atom. The summed E-state index contributed by atoms with van der Waals surface area (Å²) in [4.78, 5) is 2.64. The van der Waals surface area contributed by atoms with Crippen molar-refractivity contribution < 1.29 is 5.11 Å². The number of rotatable bonds is 4. The summed E-state index contributed by atoms with van der Waals surface area (Å²) in [7, 11) is 0. The van der Waals surface area contributed by atoms with Crippen LogP contribution in [-0.4, -0.2) is 36.2 Å². The standard InChI is InChI=1S/C17H26N2O/c1-12-9-15(20)10-13(2)17(12)16(11-14-3-4-14)19-7-5-18-6-8-19/h9-10,14,16,18,20H,3-8,11H2,1-2H3/t16-/m0/s1. The van der Waals surface area contributed by atoms with Crippen molar-refractivity contribution in [1.82, 2.24) is 10.2 Å². The van der Waals surface area contributed by atoms with Crippen molar-refractivity contribution in [3.63, 3.8) is 0 Å². The topological polar surface area (TPSA) is 35.5 Å². The minimum atomic E-state index is 0.397. The van der Waals surface area contributed by atoms with Crippen LogP contribution in [-0.2, 0) is 0 Å². The second-order valence-electron chi connectivity index (χ2n) is 6.47. The highest BCUT2D eigenvalue weighted by molar-refractivity contribution is 5.42. The van der Waals surface area contributed by atoms with E-state index < -0.39 is 0 Å². The van der Waals surface area contributed by atoms with Crippen LogP contribution in [0.25, 0.3) is 0 Å². The third-order valence-corrected chi connectivity index (χ3v) is 4.76. The molecule has 1 saturated carbocycles. The predicted molar refractivity (Wildman–Crippen MR) is 82.1 cm³/mol. The fourth-order valence-electron chi connectivity index (χ4n) is 3.59. The van der Waals surface area contributed by atoms with E-state index in [4.69, 9.17) is 0 Å². The van der Waals surface area contributed by atoms with Gasteiger partial charge >= 0.3 is 0 Å². The minimum absolute atomic E-state index is 0.397. The van der Waals surface area contributed by atoms with Crippen molar-refractivity contribution in [2.45, 2.75) is 39.2 Å². The Labute approximate surface area is 122 Å². The molecule has 2 N–H and O–H groups in total. The SMILES string of the molecule is Cc1cc(O)cc(C)c1[C@H](CC1CC1)N1CCNCC1. The van der Waals surface area contributed by atoms with Gasteiger partial charge in [-0.1, -0.05) is 12.8 Å². The first-order chi connectivity index (χ1) is 9.65. The van der Waals surface area contributed by atoms with E-state index in [0.717, 1.165) is 32.1 Å². The van der Waals surface area contributed by atoms with E-state index in [1.54, 1.807) is 0 Å². The Morgan fingerprint density at radius 3 is 2.35 bits per heavy atom. The van der Waals surface area contributed by atoms with Crippen LogP contribution in [0.3, 0.4) is 0 Å². The number of aromatic hydroxyl groups is 1. The van der Waals surface area contributed by atoms with Gasteiger partial charge in [-0.3, -0.25) is 4.90 Å². The Balaban J connectivity index is 1.91. The van der Waals surface area contributed by atoms with E-state index >= 15 is 0 Å². The Morgan fingerprint density at radius 2 is 1.80 bits per heavy atom. The Kier molecular flexibility index (Phi) is 3.99. The number of aryl methyl sites for hydroxylation is 2. The molecule has 0 amide bonds. The molecule has 2 aliphatic rings. The molecule has 1 aromatic carbocycles. The number of nitrogens with one attached hydrogen (secondary N) is 1. The van der Waals surface area contributed by atoms with Crippen molar-refractivity contribution in [1.29, 1.82) is 0 Å². The first-order valence-corrected chi connectivity index (χ1v) is 7.90. The molecule has 1 saturated heterocycles. The molecule has 2 fully saturated rings. The van der Waals surface area contributed by atoms with Gasteiger partial charge in [0.25, 0.3) is 0 Å². The molecule has 3 rings (SSSR count). The van der Waals surface area contributed by atoms with Crippen LogP contribution in [0.5, 0.6) is 5.75 Å². The number of phenols is 1. The van der Waals surface area contributed by atoms with Crippen LogP contribution in [0.15, 0.2) is 12.1 Å². The lowest BCUT2D eigenvalue weighted by Crippen LogP contribution is -2.45. The van der Waals surface area contributed by atoms with Crippen molar-refractivity contribution in [3.05, 3.63) is 28.8 Å². The molecule has 0 spiro atoms. The number of phenolic OH excluding ortho intramolecular Hbond substituents is 1. The number of hydrogen-bond donors (Lipinski definition) is 2. The molecule has 1 aliphatic heterocycles. The third kappa shape index (κ3) is 2.99. The molecule has 1 heterocycles. The van der Waals surface area contributed by atoms with Crippen LogP contribution in [0.4, 0.5) is 0 Å². The van der Waals surface area contributed by atoms with Crippen molar-refractivity contribution >= 4 is 0 Å². The zero-order chi connectivity index (χ0) is 14.1. The molecular weight excluding hydrogens is 248 g/mol. The van der Waals surface area contributed by atoms with Crippen LogP contribution in [0.2, 0.25) is 0 Å². The van der Waals surface area contributed by atoms with E-state index in [2.05, 4.69) is 24.1 Å². The van der Waals surface area contributed by atoms with Crippen molar-refractivity contribution in [3.8, 4) is 5.75 Å². The first-order valence-electron chi connectivity index (χ1n) is 7.90. The summed E-state index contributed by atoms with van der Waals surface area (Å²) in [5.74, 6) is 1.32. The predicted octanol–water partition coefficient (Wildman–Crippen LogP) is 2.76. The highest BCUT2D eigenvalue weighted by Crippen LogP contribution is 2.42. The van der Waals surface area contributed by atoms with Crippen LogP contribution >= 0.6 is 0 Å². The second kappa shape index (κ2) is 5.74. The normalized spacial score (nSPS) is 21.9. The van der Waals surface area contributed by atoms with Gasteiger partial charge in [0.1, 0.15) is 5.75 Å². The fourth-order valence-corrected chi connectivity index (χ4v) is 3.59. The number of benzene rings is 1. The lowest BCUT2D eigenvalue weighted by molar-refractivity contribution is 0.159. The first kappa shape index (κ1) is 13.9. The summed E-state index contributed by atoms with van der Waals surface area (Å²) in [5, 5.41) is 13.2. The molecular formula is C17H26N2O. The summed E-state index contributed by atoms with van der Waals surface area (Å²) < 4.78 is 0. The Hall–Kier alpha value is -1.06. The zero-order valence-corrected chi connectivity index (χ0v) is 12.7. The van der Waals surface area contributed by atoms with Crippen LogP contribution in [0.1, 0.15) is 42.0 Å². The Bertz CT molecular complexity index is 453. The van der Waals surface area contributed by atoms with Crippen molar-refractivity contribution in [2.75, 3.05) is 26.2 Å². The molecule has 110 valence electrons. The smallest absolute Gasteiger partial charge is 0.116 e. The molecule has 3 nitrogen and oxygen atoms in total. The van der Waals surface area contributed by atoms with E-state index in [0.29, 0.717) is 11.8 Å².